The van der Waals surface area contributed by atoms with Gasteiger partial charge in [0.05, 0.1) is 6.54 Å². The molecule has 2 amide bonds. The van der Waals surface area contributed by atoms with Crippen LogP contribution in [0.4, 0.5) is 5.69 Å². The van der Waals surface area contributed by atoms with Crippen LogP contribution in [-0.4, -0.2) is 43.0 Å². The lowest BCUT2D eigenvalue weighted by atomic mass is 10.3. The fourth-order valence-electron chi connectivity index (χ4n) is 1.66. The number of carbonyl (C=O) groups excluding carboxylic acids is 2. The monoisotopic (exact) mass is 277 g/mol. The molecule has 3 N–H and O–H groups in total. The Morgan fingerprint density at radius 3 is 2.85 bits per heavy atom. The Morgan fingerprint density at radius 1 is 1.45 bits per heavy atom. The van der Waals surface area contributed by atoms with Crippen molar-refractivity contribution in [3.8, 4) is 5.75 Å². The lowest BCUT2D eigenvalue weighted by molar-refractivity contribution is -0.136. The van der Waals surface area contributed by atoms with E-state index in [4.69, 9.17) is 10.5 Å². The molecule has 0 radical (unpaired) electrons. The third-order valence-corrected chi connectivity index (χ3v) is 2.97. The Bertz CT molecular complexity index is 500. The first-order valence-corrected chi connectivity index (χ1v) is 6.56. The largest absolute Gasteiger partial charge is 0.484 e. The Labute approximate surface area is 117 Å². The van der Waals surface area contributed by atoms with Crippen LogP contribution in [0.15, 0.2) is 24.3 Å². The molecule has 0 aromatic heterocycles. The van der Waals surface area contributed by atoms with Crippen LogP contribution in [0.2, 0.25) is 0 Å². The molecule has 0 heterocycles. The molecule has 0 atom stereocenters. The van der Waals surface area contributed by atoms with Crippen LogP contribution in [-0.2, 0) is 9.59 Å². The molecule has 0 aliphatic heterocycles. The van der Waals surface area contributed by atoms with Gasteiger partial charge in [0, 0.05) is 24.8 Å². The molecule has 1 fully saturated rings. The summed E-state index contributed by atoms with van der Waals surface area (Å²) in [6.45, 7) is -0.0632. The number of hydrogen-bond donors (Lipinski definition) is 2. The SMILES string of the molecule is CN(CC(=O)NC1CC1)C(=O)COc1cccc(N)c1. The summed E-state index contributed by atoms with van der Waals surface area (Å²) in [7, 11) is 1.58. The third-order valence-electron chi connectivity index (χ3n) is 2.97. The third kappa shape index (κ3) is 4.46. The molecule has 1 aromatic rings. The van der Waals surface area contributed by atoms with Crippen molar-refractivity contribution < 1.29 is 14.3 Å². The lowest BCUT2D eigenvalue weighted by Crippen LogP contribution is -2.40. The number of nitrogens with two attached hydrogens (primary N) is 1. The van der Waals surface area contributed by atoms with Crippen molar-refractivity contribution in [2.45, 2.75) is 18.9 Å². The summed E-state index contributed by atoms with van der Waals surface area (Å²) < 4.78 is 5.34. The highest BCUT2D eigenvalue weighted by molar-refractivity contribution is 5.85. The van der Waals surface area contributed by atoms with Crippen molar-refractivity contribution in [3.05, 3.63) is 24.3 Å². The van der Waals surface area contributed by atoms with Gasteiger partial charge in [0.15, 0.2) is 6.61 Å². The molecule has 6 heteroatoms. The number of nitrogen functional groups attached to an aromatic ring is 1. The van der Waals surface area contributed by atoms with Gasteiger partial charge < -0.3 is 20.7 Å². The highest BCUT2D eigenvalue weighted by Gasteiger charge is 2.24. The topological polar surface area (TPSA) is 84.7 Å². The van der Waals surface area contributed by atoms with Gasteiger partial charge in [-0.25, -0.2) is 0 Å². The first-order valence-electron chi connectivity index (χ1n) is 6.56. The van der Waals surface area contributed by atoms with Gasteiger partial charge >= 0.3 is 0 Å². The Morgan fingerprint density at radius 2 is 2.20 bits per heavy atom. The molecule has 0 spiro atoms. The number of amides is 2. The highest BCUT2D eigenvalue weighted by atomic mass is 16.5. The number of likely N-dealkylation sites (N-methyl/N-ethyl adjacent to an activating group) is 1. The van der Waals surface area contributed by atoms with Crippen LogP contribution in [0.1, 0.15) is 12.8 Å². The average molecular weight is 277 g/mol. The number of ether oxygens (including phenoxy) is 1. The Kier molecular flexibility index (Phi) is 4.45. The maximum Gasteiger partial charge on any atom is 0.260 e. The number of nitrogens with one attached hydrogen (secondary N) is 1. The van der Waals surface area contributed by atoms with Gasteiger partial charge in [0.1, 0.15) is 5.75 Å². The maximum absolute atomic E-state index is 11.8. The molecule has 2 rings (SSSR count). The van der Waals surface area contributed by atoms with E-state index in [2.05, 4.69) is 5.32 Å². The molecule has 6 nitrogen and oxygen atoms in total. The first-order chi connectivity index (χ1) is 9.54. The molecular weight excluding hydrogens is 258 g/mol. The van der Waals surface area contributed by atoms with Gasteiger partial charge in [-0.1, -0.05) is 6.07 Å². The van der Waals surface area contributed by atoms with E-state index < -0.39 is 0 Å². The highest BCUT2D eigenvalue weighted by Crippen LogP contribution is 2.18. The van der Waals surface area contributed by atoms with Gasteiger partial charge in [0.2, 0.25) is 5.91 Å². The summed E-state index contributed by atoms with van der Waals surface area (Å²) in [4.78, 5) is 24.7. The first kappa shape index (κ1) is 14.2. The zero-order chi connectivity index (χ0) is 14.5. The van der Waals surface area contributed by atoms with E-state index >= 15 is 0 Å². The number of anilines is 1. The van der Waals surface area contributed by atoms with E-state index in [9.17, 15) is 9.59 Å². The number of nitrogens with zero attached hydrogens (tertiary/aromatic N) is 1. The predicted octanol–water partition coefficient (Wildman–Crippen LogP) is 0.385. The van der Waals surface area contributed by atoms with Gasteiger partial charge in [-0.2, -0.15) is 0 Å². The number of benzene rings is 1. The second-order valence-corrected chi connectivity index (χ2v) is 4.95. The summed E-state index contributed by atoms with van der Waals surface area (Å²) in [5, 5.41) is 2.83. The van der Waals surface area contributed by atoms with E-state index in [1.165, 1.54) is 4.90 Å². The van der Waals surface area contributed by atoms with Crippen molar-refractivity contribution >= 4 is 17.5 Å². The minimum Gasteiger partial charge on any atom is -0.484 e. The maximum atomic E-state index is 11.8. The zero-order valence-corrected chi connectivity index (χ0v) is 11.5. The van der Waals surface area contributed by atoms with Crippen LogP contribution in [0.5, 0.6) is 5.75 Å². The standard InChI is InChI=1S/C14H19N3O3/c1-17(8-13(18)16-11-5-6-11)14(19)9-20-12-4-2-3-10(15)7-12/h2-4,7,11H,5-6,8-9,15H2,1H3,(H,16,18). The molecule has 0 unspecified atom stereocenters. The minimum atomic E-state index is -0.252. The molecular formula is C14H19N3O3. The Hall–Kier alpha value is -2.24. The van der Waals surface area contributed by atoms with E-state index in [1.807, 2.05) is 0 Å². The summed E-state index contributed by atoms with van der Waals surface area (Å²) in [6, 6.07) is 7.16. The van der Waals surface area contributed by atoms with Crippen LogP contribution in [0.25, 0.3) is 0 Å². The molecule has 20 heavy (non-hydrogen) atoms. The smallest absolute Gasteiger partial charge is 0.260 e. The van der Waals surface area contributed by atoms with Gasteiger partial charge in [-0.3, -0.25) is 9.59 Å². The fraction of sp³-hybridized carbons (Fsp3) is 0.429. The quantitative estimate of drug-likeness (QED) is 0.736. The van der Waals surface area contributed by atoms with Crippen molar-refractivity contribution in [1.29, 1.82) is 0 Å². The van der Waals surface area contributed by atoms with Crippen LogP contribution >= 0.6 is 0 Å². The van der Waals surface area contributed by atoms with Crippen molar-refractivity contribution in [2.24, 2.45) is 0 Å². The molecule has 0 saturated heterocycles. The summed E-state index contributed by atoms with van der Waals surface area (Å²) in [5.41, 5.74) is 6.19. The number of carbonyl (C=O) groups is 2. The van der Waals surface area contributed by atoms with E-state index in [1.54, 1.807) is 31.3 Å². The van der Waals surface area contributed by atoms with Gasteiger partial charge in [-0.15, -0.1) is 0 Å². The van der Waals surface area contributed by atoms with E-state index in [0.717, 1.165) is 12.8 Å². The number of rotatable bonds is 6. The predicted molar refractivity (Wildman–Crippen MR) is 75.2 cm³/mol. The zero-order valence-electron chi connectivity index (χ0n) is 11.5. The molecule has 1 aliphatic rings. The van der Waals surface area contributed by atoms with Crippen LogP contribution in [0, 0.1) is 0 Å². The summed E-state index contributed by atoms with van der Waals surface area (Å²) in [6.07, 6.45) is 2.06. The van der Waals surface area contributed by atoms with Crippen molar-refractivity contribution in [3.63, 3.8) is 0 Å². The van der Waals surface area contributed by atoms with Crippen LogP contribution < -0.4 is 15.8 Å². The van der Waals surface area contributed by atoms with E-state index in [-0.39, 0.29) is 25.0 Å². The molecule has 0 bridgehead atoms. The van der Waals surface area contributed by atoms with E-state index in [0.29, 0.717) is 17.5 Å². The number of hydrogen-bond acceptors (Lipinski definition) is 4. The van der Waals surface area contributed by atoms with Crippen LogP contribution in [0.3, 0.4) is 0 Å². The fourth-order valence-corrected chi connectivity index (χ4v) is 1.66. The second-order valence-electron chi connectivity index (χ2n) is 4.95. The van der Waals surface area contributed by atoms with Gasteiger partial charge in [-0.05, 0) is 25.0 Å². The molecule has 1 saturated carbocycles. The molecule has 1 aliphatic carbocycles. The van der Waals surface area contributed by atoms with Gasteiger partial charge in [0.25, 0.3) is 5.91 Å². The van der Waals surface area contributed by atoms with Crippen molar-refractivity contribution in [2.75, 3.05) is 25.9 Å². The normalized spacial score (nSPS) is 13.7. The second kappa shape index (κ2) is 6.27. The average Bonchev–Trinajstić information content (AvgIpc) is 3.19. The molecule has 1 aromatic carbocycles. The summed E-state index contributed by atoms with van der Waals surface area (Å²) in [5.74, 6) is 0.153. The molecule has 108 valence electrons. The Balaban J connectivity index is 1.74. The van der Waals surface area contributed by atoms with Crippen molar-refractivity contribution in [1.82, 2.24) is 10.2 Å². The lowest BCUT2D eigenvalue weighted by Gasteiger charge is -2.17. The summed E-state index contributed by atoms with van der Waals surface area (Å²) >= 11 is 0. The minimum absolute atomic E-state index is 0.0512.